The molecule has 2 N–H and O–H groups in total. The van der Waals surface area contributed by atoms with Crippen LogP contribution in [0.15, 0.2) is 42.5 Å². The fraction of sp³-hybridized carbons (Fsp3) is 0.0714. The van der Waals surface area contributed by atoms with Crippen LogP contribution in [-0.2, 0) is 0 Å². The van der Waals surface area contributed by atoms with Gasteiger partial charge < -0.3 is 10.0 Å². The van der Waals surface area contributed by atoms with E-state index in [1.54, 1.807) is 17.4 Å². The molecular formula is C14H12BNO2S. The second kappa shape index (κ2) is 4.77. The molecule has 0 bridgehead atoms. The molecule has 94 valence electrons. The summed E-state index contributed by atoms with van der Waals surface area (Å²) in [4.78, 5) is 4.59. The molecule has 0 radical (unpaired) electrons. The van der Waals surface area contributed by atoms with Crippen molar-refractivity contribution in [1.29, 1.82) is 0 Å². The summed E-state index contributed by atoms with van der Waals surface area (Å²) in [6.45, 7) is 1.87. The molecule has 19 heavy (non-hydrogen) atoms. The van der Waals surface area contributed by atoms with Crippen molar-refractivity contribution in [3.05, 3.63) is 48.0 Å². The van der Waals surface area contributed by atoms with Gasteiger partial charge in [0.25, 0.3) is 0 Å². The summed E-state index contributed by atoms with van der Waals surface area (Å²) in [6.07, 6.45) is 0. The second-order valence-corrected chi connectivity index (χ2v) is 5.46. The van der Waals surface area contributed by atoms with Crippen LogP contribution in [-0.4, -0.2) is 22.2 Å². The Hall–Kier alpha value is -1.69. The number of aryl methyl sites for hydroxylation is 1. The van der Waals surface area contributed by atoms with Gasteiger partial charge in [-0.3, -0.25) is 0 Å². The molecule has 0 spiro atoms. The Morgan fingerprint density at radius 1 is 1.11 bits per heavy atom. The number of hydrogen-bond donors (Lipinski definition) is 2. The largest absolute Gasteiger partial charge is 0.488 e. The van der Waals surface area contributed by atoms with Crippen LogP contribution in [0.3, 0.4) is 0 Å². The lowest BCUT2D eigenvalue weighted by atomic mass is 9.77. The van der Waals surface area contributed by atoms with Gasteiger partial charge in [0.15, 0.2) is 0 Å². The first-order valence-corrected chi connectivity index (χ1v) is 6.79. The van der Waals surface area contributed by atoms with Crippen LogP contribution in [0.1, 0.15) is 5.56 Å². The highest BCUT2D eigenvalue weighted by Gasteiger charge is 2.15. The molecule has 3 nitrogen and oxygen atoms in total. The lowest BCUT2D eigenvalue weighted by Gasteiger charge is -2.05. The van der Waals surface area contributed by atoms with Crippen molar-refractivity contribution in [2.45, 2.75) is 6.92 Å². The number of rotatable bonds is 2. The summed E-state index contributed by atoms with van der Waals surface area (Å²) in [5.41, 5.74) is 3.38. The molecule has 0 aliphatic carbocycles. The second-order valence-electron chi connectivity index (χ2n) is 4.43. The van der Waals surface area contributed by atoms with E-state index in [9.17, 15) is 10.0 Å². The molecule has 3 rings (SSSR count). The molecular weight excluding hydrogens is 257 g/mol. The third-order valence-electron chi connectivity index (χ3n) is 3.09. The fourth-order valence-corrected chi connectivity index (χ4v) is 3.06. The molecule has 1 aromatic heterocycles. The van der Waals surface area contributed by atoms with Gasteiger partial charge >= 0.3 is 7.12 Å². The highest BCUT2D eigenvalue weighted by molar-refractivity contribution is 7.21. The van der Waals surface area contributed by atoms with E-state index in [-0.39, 0.29) is 0 Å². The lowest BCUT2D eigenvalue weighted by Crippen LogP contribution is -2.31. The quantitative estimate of drug-likeness (QED) is 0.699. The fourth-order valence-electron chi connectivity index (χ4n) is 2.09. The highest BCUT2D eigenvalue weighted by Crippen LogP contribution is 2.29. The molecule has 0 atom stereocenters. The third kappa shape index (κ3) is 2.28. The van der Waals surface area contributed by atoms with Gasteiger partial charge in [0.2, 0.25) is 0 Å². The van der Waals surface area contributed by atoms with Gasteiger partial charge in [-0.25, -0.2) is 4.98 Å². The van der Waals surface area contributed by atoms with Gasteiger partial charge in [-0.1, -0.05) is 29.8 Å². The Morgan fingerprint density at radius 3 is 2.58 bits per heavy atom. The summed E-state index contributed by atoms with van der Waals surface area (Å²) in [6, 6.07) is 13.6. The summed E-state index contributed by atoms with van der Waals surface area (Å²) in [5, 5.41) is 19.4. The van der Waals surface area contributed by atoms with Gasteiger partial charge in [-0.15, -0.1) is 11.3 Å². The van der Waals surface area contributed by atoms with Crippen LogP contribution < -0.4 is 5.46 Å². The average Bonchev–Trinajstić information content (AvgIpc) is 2.81. The zero-order chi connectivity index (χ0) is 13.4. The van der Waals surface area contributed by atoms with Gasteiger partial charge in [0.1, 0.15) is 5.01 Å². The topological polar surface area (TPSA) is 53.4 Å². The number of fused-ring (bicyclic) bond motifs is 1. The number of aromatic nitrogens is 1. The summed E-state index contributed by atoms with van der Waals surface area (Å²) in [7, 11) is -1.43. The maximum Gasteiger partial charge on any atom is 0.488 e. The predicted molar refractivity (Wildman–Crippen MR) is 79.6 cm³/mol. The number of nitrogens with zero attached hydrogens (tertiary/aromatic N) is 1. The first kappa shape index (κ1) is 12.4. The Bertz CT molecular complexity index is 706. The minimum atomic E-state index is -1.43. The van der Waals surface area contributed by atoms with Crippen molar-refractivity contribution >= 4 is 34.1 Å². The molecule has 5 heteroatoms. The van der Waals surface area contributed by atoms with E-state index in [4.69, 9.17) is 0 Å². The zero-order valence-electron chi connectivity index (χ0n) is 10.4. The molecule has 1 heterocycles. The number of thiazole rings is 1. The van der Waals surface area contributed by atoms with Crippen LogP contribution in [0, 0.1) is 6.92 Å². The zero-order valence-corrected chi connectivity index (χ0v) is 11.2. The molecule has 0 saturated carbocycles. The Balaban J connectivity index is 2.09. The average molecular weight is 269 g/mol. The highest BCUT2D eigenvalue weighted by atomic mass is 32.1. The van der Waals surface area contributed by atoms with E-state index in [2.05, 4.69) is 11.1 Å². The number of hydrogen-bond acceptors (Lipinski definition) is 4. The first-order valence-electron chi connectivity index (χ1n) is 5.98. The SMILES string of the molecule is Cc1cc(-c2nc3ccccc3s2)ccc1B(O)O. The molecule has 3 aromatic rings. The van der Waals surface area contributed by atoms with Crippen molar-refractivity contribution in [3.8, 4) is 10.6 Å². The van der Waals surface area contributed by atoms with Crippen molar-refractivity contribution in [2.75, 3.05) is 0 Å². The van der Waals surface area contributed by atoms with Gasteiger partial charge in [0, 0.05) is 5.56 Å². The summed E-state index contributed by atoms with van der Waals surface area (Å²) >= 11 is 1.64. The third-order valence-corrected chi connectivity index (χ3v) is 4.17. The molecule has 0 saturated heterocycles. The Kier molecular flexibility index (Phi) is 3.10. The van der Waals surface area contributed by atoms with Crippen LogP contribution >= 0.6 is 11.3 Å². The van der Waals surface area contributed by atoms with Gasteiger partial charge in [-0.05, 0) is 30.6 Å². The molecule has 0 amide bonds. The van der Waals surface area contributed by atoms with Gasteiger partial charge in [-0.2, -0.15) is 0 Å². The first-order chi connectivity index (χ1) is 9.15. The van der Waals surface area contributed by atoms with Crippen molar-refractivity contribution in [1.82, 2.24) is 4.98 Å². The van der Waals surface area contributed by atoms with Crippen LogP contribution in [0.4, 0.5) is 0 Å². The normalized spacial score (nSPS) is 10.9. The number of benzene rings is 2. The predicted octanol–water partition coefficient (Wildman–Crippen LogP) is 1.95. The molecule has 2 aromatic carbocycles. The molecule has 0 unspecified atom stereocenters. The van der Waals surface area contributed by atoms with Crippen LogP contribution in [0.2, 0.25) is 0 Å². The van der Waals surface area contributed by atoms with E-state index in [0.29, 0.717) is 5.46 Å². The van der Waals surface area contributed by atoms with E-state index >= 15 is 0 Å². The van der Waals surface area contributed by atoms with Crippen molar-refractivity contribution in [3.63, 3.8) is 0 Å². The molecule has 0 aliphatic rings. The van der Waals surface area contributed by atoms with Crippen molar-refractivity contribution < 1.29 is 10.0 Å². The Labute approximate surface area is 115 Å². The smallest absolute Gasteiger partial charge is 0.423 e. The lowest BCUT2D eigenvalue weighted by molar-refractivity contribution is 0.425. The standard InChI is InChI=1S/C14H12BNO2S/c1-9-8-10(6-7-11(9)15(17)18)14-16-12-4-2-3-5-13(12)19-14/h2-8,17-18H,1H3. The maximum absolute atomic E-state index is 9.22. The summed E-state index contributed by atoms with van der Waals surface area (Å²) in [5.74, 6) is 0. The van der Waals surface area contributed by atoms with Crippen molar-refractivity contribution in [2.24, 2.45) is 0 Å². The van der Waals surface area contributed by atoms with Gasteiger partial charge in [0.05, 0.1) is 10.2 Å². The monoisotopic (exact) mass is 269 g/mol. The molecule has 0 aliphatic heterocycles. The number of para-hydroxylation sites is 1. The minimum absolute atomic E-state index is 0.532. The Morgan fingerprint density at radius 2 is 1.89 bits per heavy atom. The van der Waals surface area contributed by atoms with Crippen LogP contribution in [0.5, 0.6) is 0 Å². The van der Waals surface area contributed by atoms with Crippen LogP contribution in [0.25, 0.3) is 20.8 Å². The maximum atomic E-state index is 9.22. The summed E-state index contributed by atoms with van der Waals surface area (Å²) < 4.78 is 1.15. The van der Waals surface area contributed by atoms with E-state index in [1.807, 2.05) is 37.3 Å². The van der Waals surface area contributed by atoms with E-state index < -0.39 is 7.12 Å². The van der Waals surface area contributed by atoms with E-state index in [1.165, 1.54) is 0 Å². The molecule has 0 fully saturated rings. The minimum Gasteiger partial charge on any atom is -0.423 e. The van der Waals surface area contributed by atoms with E-state index in [0.717, 1.165) is 26.4 Å².